The lowest BCUT2D eigenvalue weighted by Gasteiger charge is -2.03. The van der Waals surface area contributed by atoms with E-state index in [1.165, 1.54) is 0 Å². The number of aromatic nitrogens is 3. The van der Waals surface area contributed by atoms with E-state index in [0.717, 1.165) is 40.2 Å². The molecule has 22 heavy (non-hydrogen) atoms. The van der Waals surface area contributed by atoms with Crippen LogP contribution in [-0.2, 0) is 6.42 Å². The van der Waals surface area contributed by atoms with Crippen molar-refractivity contribution in [2.24, 2.45) is 4.99 Å². The molecule has 1 aromatic carbocycles. The van der Waals surface area contributed by atoms with Gasteiger partial charge in [-0.25, -0.2) is 4.98 Å². The number of rotatable bonds is 7. The summed E-state index contributed by atoms with van der Waals surface area (Å²) in [6.07, 6.45) is 3.59. The highest BCUT2D eigenvalue weighted by Crippen LogP contribution is 2.18. The van der Waals surface area contributed by atoms with E-state index < -0.39 is 0 Å². The van der Waals surface area contributed by atoms with Gasteiger partial charge in [-0.2, -0.15) is 5.10 Å². The van der Waals surface area contributed by atoms with Crippen molar-refractivity contribution in [2.45, 2.75) is 31.8 Å². The predicted octanol–water partition coefficient (Wildman–Crippen LogP) is 3.64. The van der Waals surface area contributed by atoms with Gasteiger partial charge in [0.25, 0.3) is 0 Å². The number of methoxy groups -OCH3 is 1. The quantitative estimate of drug-likeness (QED) is 0.576. The summed E-state index contributed by atoms with van der Waals surface area (Å²) in [7, 11) is 1.65. The van der Waals surface area contributed by atoms with Gasteiger partial charge >= 0.3 is 0 Å². The lowest BCUT2D eigenvalue weighted by Crippen LogP contribution is -2.03. The topological polar surface area (TPSA) is 60.3 Å². The Kier molecular flexibility index (Phi) is 6.33. The van der Waals surface area contributed by atoms with Crippen LogP contribution < -0.4 is 4.74 Å². The predicted molar refractivity (Wildman–Crippen MR) is 90.4 cm³/mol. The molecule has 0 radical (unpaired) electrons. The van der Waals surface area contributed by atoms with E-state index in [4.69, 9.17) is 4.74 Å². The normalized spacial score (nSPS) is 11.0. The number of aliphatic imine (C=N–C) groups is 1. The molecule has 0 bridgehead atoms. The Morgan fingerprint density at radius 1 is 1.23 bits per heavy atom. The molecule has 0 fully saturated rings. The zero-order chi connectivity index (χ0) is 15.8. The average molecular weight is 316 g/mol. The van der Waals surface area contributed by atoms with Gasteiger partial charge in [0.1, 0.15) is 5.75 Å². The number of hydrogen-bond acceptors (Lipinski definition) is 6. The monoisotopic (exact) mass is 316 g/mol. The largest absolute Gasteiger partial charge is 0.497 e. The van der Waals surface area contributed by atoms with E-state index in [1.807, 2.05) is 37.4 Å². The Morgan fingerprint density at radius 3 is 2.68 bits per heavy atom. The lowest BCUT2D eigenvalue weighted by molar-refractivity contribution is 0.415. The van der Waals surface area contributed by atoms with Gasteiger partial charge in [-0.1, -0.05) is 18.7 Å². The summed E-state index contributed by atoms with van der Waals surface area (Å²) >= 11 is 1.63. The Balaban J connectivity index is 2.01. The molecule has 0 spiro atoms. The molecule has 0 aliphatic carbocycles. The Hall–Kier alpha value is -1.95. The summed E-state index contributed by atoms with van der Waals surface area (Å²) in [6.45, 7) is 4.06. The van der Waals surface area contributed by atoms with Crippen LogP contribution in [0, 0.1) is 6.92 Å². The third-order valence-electron chi connectivity index (χ3n) is 2.97. The molecule has 0 N–H and O–H groups in total. The van der Waals surface area contributed by atoms with Crippen LogP contribution in [0.5, 0.6) is 5.75 Å². The molecular formula is C16H20N4OS. The zero-order valence-electron chi connectivity index (χ0n) is 13.1. The van der Waals surface area contributed by atoms with Gasteiger partial charge in [0.05, 0.1) is 24.2 Å². The Morgan fingerprint density at radius 2 is 2.00 bits per heavy atom. The van der Waals surface area contributed by atoms with Crippen LogP contribution in [-0.4, -0.2) is 34.3 Å². The molecule has 116 valence electrons. The minimum Gasteiger partial charge on any atom is -0.497 e. The van der Waals surface area contributed by atoms with Gasteiger partial charge < -0.3 is 4.74 Å². The van der Waals surface area contributed by atoms with Crippen molar-refractivity contribution in [2.75, 3.05) is 12.9 Å². The van der Waals surface area contributed by atoms with Gasteiger partial charge in [-0.3, -0.25) is 4.99 Å². The van der Waals surface area contributed by atoms with Crippen molar-refractivity contribution in [1.29, 1.82) is 0 Å². The van der Waals surface area contributed by atoms with E-state index >= 15 is 0 Å². The standard InChI is InChI=1S/C16H20N4OS/c1-4-11-22-16-18-15(12(2)19-20-16)9-10-17-13-5-7-14(21-3)8-6-13/h5-8,10H,4,9,11H2,1-3H3. The minimum absolute atomic E-state index is 0.646. The van der Waals surface area contributed by atoms with Crippen molar-refractivity contribution >= 4 is 23.7 Å². The molecule has 6 heteroatoms. The summed E-state index contributed by atoms with van der Waals surface area (Å²) in [5.41, 5.74) is 2.66. The summed E-state index contributed by atoms with van der Waals surface area (Å²) in [6, 6.07) is 7.62. The third kappa shape index (κ3) is 4.80. The van der Waals surface area contributed by atoms with E-state index in [2.05, 4.69) is 27.1 Å². The molecule has 0 unspecified atom stereocenters. The fourth-order valence-electron chi connectivity index (χ4n) is 1.75. The maximum atomic E-state index is 5.12. The number of ether oxygens (including phenoxy) is 1. The van der Waals surface area contributed by atoms with Crippen LogP contribution >= 0.6 is 11.8 Å². The fourth-order valence-corrected chi connectivity index (χ4v) is 2.41. The first-order valence-electron chi connectivity index (χ1n) is 7.22. The molecule has 1 heterocycles. The van der Waals surface area contributed by atoms with Crippen LogP contribution in [0.2, 0.25) is 0 Å². The summed E-state index contributed by atoms with van der Waals surface area (Å²) in [4.78, 5) is 8.98. The van der Waals surface area contributed by atoms with Crippen LogP contribution in [0.15, 0.2) is 34.4 Å². The molecule has 0 saturated heterocycles. The van der Waals surface area contributed by atoms with Crippen molar-refractivity contribution < 1.29 is 4.74 Å². The highest BCUT2D eigenvalue weighted by molar-refractivity contribution is 7.99. The average Bonchev–Trinajstić information content (AvgIpc) is 2.56. The third-order valence-corrected chi connectivity index (χ3v) is 4.01. The molecule has 2 aromatic rings. The fraction of sp³-hybridized carbons (Fsp3) is 0.375. The number of aryl methyl sites for hydroxylation is 1. The molecule has 0 atom stereocenters. The van der Waals surface area contributed by atoms with E-state index in [0.29, 0.717) is 6.42 Å². The van der Waals surface area contributed by atoms with Crippen molar-refractivity contribution in [3.05, 3.63) is 35.7 Å². The van der Waals surface area contributed by atoms with Crippen LogP contribution in [0.1, 0.15) is 24.7 Å². The van der Waals surface area contributed by atoms with Crippen LogP contribution in [0.3, 0.4) is 0 Å². The number of benzene rings is 1. The summed E-state index contributed by atoms with van der Waals surface area (Å²) < 4.78 is 5.12. The maximum Gasteiger partial charge on any atom is 0.209 e. The zero-order valence-corrected chi connectivity index (χ0v) is 13.9. The van der Waals surface area contributed by atoms with E-state index in [1.54, 1.807) is 18.9 Å². The SMILES string of the molecule is CCCSc1nnc(C)c(CC=Nc2ccc(OC)cc2)n1. The maximum absolute atomic E-state index is 5.12. The molecule has 2 rings (SSSR count). The minimum atomic E-state index is 0.646. The summed E-state index contributed by atoms with van der Waals surface area (Å²) in [5.74, 6) is 1.83. The van der Waals surface area contributed by atoms with Gasteiger partial charge in [-0.05, 0) is 37.6 Å². The first-order valence-corrected chi connectivity index (χ1v) is 8.21. The first kappa shape index (κ1) is 16.4. The number of hydrogen-bond donors (Lipinski definition) is 0. The van der Waals surface area contributed by atoms with Gasteiger partial charge in [0, 0.05) is 18.4 Å². The lowest BCUT2D eigenvalue weighted by atomic mass is 10.2. The Labute approximate surface area is 135 Å². The second-order valence-corrected chi connectivity index (χ2v) is 5.75. The summed E-state index contributed by atoms with van der Waals surface area (Å²) in [5, 5.41) is 9.01. The first-order chi connectivity index (χ1) is 10.7. The molecule has 0 saturated carbocycles. The number of nitrogens with zero attached hydrogens (tertiary/aromatic N) is 4. The second kappa shape index (κ2) is 8.48. The van der Waals surface area contributed by atoms with Crippen molar-refractivity contribution in [1.82, 2.24) is 15.2 Å². The second-order valence-electron chi connectivity index (χ2n) is 4.69. The molecule has 5 nitrogen and oxygen atoms in total. The van der Waals surface area contributed by atoms with Crippen molar-refractivity contribution in [3.8, 4) is 5.75 Å². The van der Waals surface area contributed by atoms with Gasteiger partial charge in [0.15, 0.2) is 0 Å². The molecule has 1 aromatic heterocycles. The Bertz CT molecular complexity index is 629. The van der Waals surface area contributed by atoms with E-state index in [9.17, 15) is 0 Å². The van der Waals surface area contributed by atoms with Crippen LogP contribution in [0.4, 0.5) is 5.69 Å². The molecule has 0 amide bonds. The smallest absolute Gasteiger partial charge is 0.209 e. The highest BCUT2D eigenvalue weighted by atomic mass is 32.2. The highest BCUT2D eigenvalue weighted by Gasteiger charge is 2.04. The molecule has 0 aliphatic heterocycles. The van der Waals surface area contributed by atoms with Crippen LogP contribution in [0.25, 0.3) is 0 Å². The van der Waals surface area contributed by atoms with Gasteiger partial charge in [-0.15, -0.1) is 5.10 Å². The van der Waals surface area contributed by atoms with Gasteiger partial charge in [0.2, 0.25) is 5.16 Å². The number of thioether (sulfide) groups is 1. The molecule has 0 aliphatic rings. The van der Waals surface area contributed by atoms with Crippen molar-refractivity contribution in [3.63, 3.8) is 0 Å². The van der Waals surface area contributed by atoms with E-state index in [-0.39, 0.29) is 0 Å². The molecular weight excluding hydrogens is 296 g/mol.